The fourth-order valence-corrected chi connectivity index (χ4v) is 2.27. The van der Waals surface area contributed by atoms with Crippen molar-refractivity contribution in [2.24, 2.45) is 0 Å². The number of nitrogens with zero attached hydrogens (tertiary/aromatic N) is 2. The molecule has 0 radical (unpaired) electrons. The molecule has 0 spiro atoms. The molecule has 1 N–H and O–H groups in total. The van der Waals surface area contributed by atoms with E-state index in [9.17, 15) is 13.2 Å². The molecule has 8 heteroatoms. The highest BCUT2D eigenvalue weighted by Crippen LogP contribution is 2.16. The Balaban J connectivity index is 2.25. The van der Waals surface area contributed by atoms with Crippen molar-refractivity contribution < 1.29 is 13.2 Å². The number of halogens is 1. The van der Waals surface area contributed by atoms with Gasteiger partial charge in [-0.25, -0.2) is 13.4 Å². The molecule has 0 aliphatic rings. The van der Waals surface area contributed by atoms with Crippen molar-refractivity contribution in [1.82, 2.24) is 9.97 Å². The summed E-state index contributed by atoms with van der Waals surface area (Å²) in [6.45, 7) is 0. The maximum atomic E-state index is 11.9. The highest BCUT2D eigenvalue weighted by molar-refractivity contribution is 7.90. The van der Waals surface area contributed by atoms with E-state index in [2.05, 4.69) is 15.3 Å². The van der Waals surface area contributed by atoms with E-state index in [0.29, 0.717) is 5.69 Å². The Labute approximate surface area is 120 Å². The van der Waals surface area contributed by atoms with Crippen molar-refractivity contribution in [3.8, 4) is 0 Å². The van der Waals surface area contributed by atoms with Crippen LogP contribution in [0, 0.1) is 0 Å². The summed E-state index contributed by atoms with van der Waals surface area (Å²) in [6, 6.07) is 5.93. The van der Waals surface area contributed by atoms with E-state index < -0.39 is 15.7 Å². The van der Waals surface area contributed by atoms with E-state index in [1.807, 2.05) is 0 Å². The van der Waals surface area contributed by atoms with E-state index in [0.717, 1.165) is 6.26 Å². The van der Waals surface area contributed by atoms with Crippen molar-refractivity contribution in [2.45, 2.75) is 4.90 Å². The van der Waals surface area contributed by atoms with Crippen LogP contribution >= 0.6 is 11.6 Å². The number of amides is 1. The summed E-state index contributed by atoms with van der Waals surface area (Å²) in [6.07, 6.45) is 3.67. The van der Waals surface area contributed by atoms with E-state index in [4.69, 9.17) is 11.6 Å². The van der Waals surface area contributed by atoms with Crippen molar-refractivity contribution in [3.05, 3.63) is 47.5 Å². The monoisotopic (exact) mass is 311 g/mol. The van der Waals surface area contributed by atoms with Gasteiger partial charge in [-0.05, 0) is 18.2 Å². The Morgan fingerprint density at radius 1 is 1.30 bits per heavy atom. The van der Waals surface area contributed by atoms with Gasteiger partial charge in [-0.2, -0.15) is 0 Å². The molecule has 1 aromatic heterocycles. The van der Waals surface area contributed by atoms with E-state index in [-0.39, 0.29) is 15.7 Å². The van der Waals surface area contributed by atoms with Crippen LogP contribution in [0.25, 0.3) is 0 Å². The molecule has 0 aliphatic heterocycles. The lowest BCUT2D eigenvalue weighted by molar-refractivity contribution is 0.102. The van der Waals surface area contributed by atoms with Crippen molar-refractivity contribution >= 4 is 33.0 Å². The number of rotatable bonds is 3. The van der Waals surface area contributed by atoms with E-state index >= 15 is 0 Å². The lowest BCUT2D eigenvalue weighted by Gasteiger charge is -2.06. The third-order valence-electron chi connectivity index (χ3n) is 2.36. The molecule has 1 aromatic carbocycles. The molecule has 0 saturated carbocycles. The Morgan fingerprint density at radius 3 is 2.70 bits per heavy atom. The molecule has 1 amide bonds. The third-order valence-corrected chi connectivity index (χ3v) is 3.65. The maximum Gasteiger partial charge on any atom is 0.275 e. The van der Waals surface area contributed by atoms with Crippen molar-refractivity contribution in [2.75, 3.05) is 11.6 Å². The molecule has 0 aliphatic carbocycles. The average molecular weight is 312 g/mol. The normalized spacial score (nSPS) is 11.1. The summed E-state index contributed by atoms with van der Waals surface area (Å²) >= 11 is 5.64. The molecular weight excluding hydrogens is 302 g/mol. The van der Waals surface area contributed by atoms with Crippen molar-refractivity contribution in [1.29, 1.82) is 0 Å². The number of aromatic nitrogens is 2. The fraction of sp³-hybridized carbons (Fsp3) is 0.0833. The van der Waals surface area contributed by atoms with Gasteiger partial charge in [-0.15, -0.1) is 0 Å². The zero-order valence-corrected chi connectivity index (χ0v) is 11.9. The van der Waals surface area contributed by atoms with Crippen LogP contribution in [0.5, 0.6) is 0 Å². The number of anilines is 1. The minimum Gasteiger partial charge on any atom is -0.321 e. The summed E-state index contributed by atoms with van der Waals surface area (Å²) in [5, 5.41) is 2.63. The van der Waals surface area contributed by atoms with Crippen molar-refractivity contribution in [3.63, 3.8) is 0 Å². The Morgan fingerprint density at radius 2 is 2.05 bits per heavy atom. The topological polar surface area (TPSA) is 89.0 Å². The van der Waals surface area contributed by atoms with Gasteiger partial charge in [0.2, 0.25) is 0 Å². The first-order chi connectivity index (χ1) is 9.36. The predicted octanol–water partition coefficient (Wildman–Crippen LogP) is 1.79. The molecule has 104 valence electrons. The Kier molecular flexibility index (Phi) is 4.01. The number of carbonyl (C=O) groups excluding carboxylic acids is 1. The molecule has 0 bridgehead atoms. The smallest absolute Gasteiger partial charge is 0.275 e. The van der Waals surface area contributed by atoms with E-state index in [1.165, 1.54) is 30.6 Å². The first-order valence-corrected chi connectivity index (χ1v) is 7.72. The number of nitrogens with one attached hydrogen (secondary N) is 1. The molecule has 0 unspecified atom stereocenters. The lowest BCUT2D eigenvalue weighted by atomic mass is 10.3. The molecule has 20 heavy (non-hydrogen) atoms. The first-order valence-electron chi connectivity index (χ1n) is 5.45. The first kappa shape index (κ1) is 14.4. The molecular formula is C12H10ClN3O3S. The molecule has 1 heterocycles. The van der Waals surface area contributed by atoms with E-state index in [1.54, 1.807) is 6.07 Å². The number of hydrogen-bond acceptors (Lipinski definition) is 5. The van der Waals surface area contributed by atoms with Gasteiger partial charge in [0.25, 0.3) is 5.91 Å². The Bertz CT molecular complexity index is 762. The summed E-state index contributed by atoms with van der Waals surface area (Å²) < 4.78 is 22.9. The van der Waals surface area contributed by atoms with Crippen LogP contribution in [0.3, 0.4) is 0 Å². The number of carbonyl (C=O) groups is 1. The molecule has 0 saturated heterocycles. The van der Waals surface area contributed by atoms with Crippen LogP contribution in [0.2, 0.25) is 5.15 Å². The largest absolute Gasteiger partial charge is 0.321 e. The van der Waals surface area contributed by atoms with Crippen LogP contribution in [0.4, 0.5) is 5.69 Å². The predicted molar refractivity (Wildman–Crippen MR) is 74.5 cm³/mol. The van der Waals surface area contributed by atoms with Gasteiger partial charge in [0.1, 0.15) is 10.8 Å². The quantitative estimate of drug-likeness (QED) is 0.933. The molecule has 2 aromatic rings. The lowest BCUT2D eigenvalue weighted by Crippen LogP contribution is -2.14. The summed E-state index contributed by atoms with van der Waals surface area (Å²) in [5.41, 5.74) is 0.391. The third kappa shape index (κ3) is 3.52. The second-order valence-electron chi connectivity index (χ2n) is 3.98. The summed E-state index contributed by atoms with van der Waals surface area (Å²) in [7, 11) is -3.33. The average Bonchev–Trinajstić information content (AvgIpc) is 2.38. The molecule has 2 rings (SSSR count). The van der Waals surface area contributed by atoms with Crippen LogP contribution in [-0.2, 0) is 9.84 Å². The van der Waals surface area contributed by atoms with Gasteiger partial charge < -0.3 is 5.32 Å². The van der Waals surface area contributed by atoms with Gasteiger partial charge >= 0.3 is 0 Å². The number of sulfone groups is 1. The van der Waals surface area contributed by atoms with Gasteiger partial charge in [0, 0.05) is 11.9 Å². The molecule has 6 nitrogen and oxygen atoms in total. The number of hydrogen-bond donors (Lipinski definition) is 1. The number of benzene rings is 1. The second-order valence-corrected chi connectivity index (χ2v) is 6.38. The fourth-order valence-electron chi connectivity index (χ4n) is 1.45. The molecule has 0 fully saturated rings. The highest BCUT2D eigenvalue weighted by atomic mass is 35.5. The maximum absolute atomic E-state index is 11.9. The van der Waals surface area contributed by atoms with Crippen LogP contribution in [0.15, 0.2) is 41.6 Å². The SMILES string of the molecule is CS(=O)(=O)c1cccc(NC(=O)c2cncc(Cl)n2)c1. The standard InChI is InChI=1S/C12H10ClN3O3S/c1-20(18,19)9-4-2-3-8(5-9)15-12(17)10-6-14-7-11(13)16-10/h2-7H,1H3,(H,15,17). The second kappa shape index (κ2) is 5.56. The molecule has 0 atom stereocenters. The minimum atomic E-state index is -3.33. The zero-order valence-electron chi connectivity index (χ0n) is 10.4. The van der Waals surface area contributed by atoms with Gasteiger partial charge in [0.05, 0.1) is 17.3 Å². The Hall–Kier alpha value is -1.99. The van der Waals surface area contributed by atoms with Crippen LogP contribution < -0.4 is 5.32 Å². The van der Waals surface area contributed by atoms with Crippen LogP contribution in [-0.4, -0.2) is 30.5 Å². The zero-order chi connectivity index (χ0) is 14.8. The summed E-state index contributed by atoms with van der Waals surface area (Å²) in [5.74, 6) is -0.523. The highest BCUT2D eigenvalue weighted by Gasteiger charge is 2.11. The van der Waals surface area contributed by atoms with Gasteiger partial charge in [0.15, 0.2) is 9.84 Å². The van der Waals surface area contributed by atoms with Gasteiger partial charge in [-0.3, -0.25) is 9.78 Å². The van der Waals surface area contributed by atoms with Crippen LogP contribution in [0.1, 0.15) is 10.5 Å². The summed E-state index contributed by atoms with van der Waals surface area (Å²) in [4.78, 5) is 19.6. The minimum absolute atomic E-state index is 0.0438. The van der Waals surface area contributed by atoms with Gasteiger partial charge in [-0.1, -0.05) is 17.7 Å².